The van der Waals surface area contributed by atoms with Gasteiger partial charge >= 0.3 is 0 Å². The number of halogens is 1. The molecule has 0 spiro atoms. The predicted molar refractivity (Wildman–Crippen MR) is 66.0 cm³/mol. The quantitative estimate of drug-likeness (QED) is 0.812. The third-order valence-corrected chi connectivity index (χ3v) is 2.65. The van der Waals surface area contributed by atoms with Crippen molar-refractivity contribution in [3.8, 4) is 5.75 Å². The fraction of sp³-hybridized carbons (Fsp3) is 0.222. The highest BCUT2D eigenvalue weighted by atomic mass is 79.9. The van der Waals surface area contributed by atoms with Crippen molar-refractivity contribution in [2.75, 3.05) is 19.5 Å². The fourth-order valence-electron chi connectivity index (χ4n) is 0.912. The van der Waals surface area contributed by atoms with Crippen LogP contribution in [0.5, 0.6) is 5.75 Å². The molecule has 14 heavy (non-hydrogen) atoms. The Hall–Kier alpha value is -0.810. The first-order valence-corrected chi connectivity index (χ1v) is 5.19. The van der Waals surface area contributed by atoms with Crippen molar-refractivity contribution in [3.05, 3.63) is 22.7 Å². The van der Waals surface area contributed by atoms with Crippen molar-refractivity contribution in [3.63, 3.8) is 0 Å². The first-order valence-electron chi connectivity index (χ1n) is 3.99. The van der Waals surface area contributed by atoms with E-state index in [9.17, 15) is 0 Å². The number of thiocarbonyl (C=S) groups is 1. The highest BCUT2D eigenvalue weighted by molar-refractivity contribution is 9.10. The van der Waals surface area contributed by atoms with Gasteiger partial charge in [-0.1, -0.05) is 0 Å². The third kappa shape index (κ3) is 2.85. The van der Waals surface area contributed by atoms with Gasteiger partial charge in [0.1, 0.15) is 5.75 Å². The molecule has 0 saturated carbocycles. The molecule has 0 amide bonds. The maximum absolute atomic E-state index is 5.10. The van der Waals surface area contributed by atoms with Gasteiger partial charge in [0.25, 0.3) is 0 Å². The molecule has 2 N–H and O–H groups in total. The second kappa shape index (κ2) is 5.17. The molecule has 0 unspecified atom stereocenters. The average molecular weight is 275 g/mol. The number of hydrogen-bond donors (Lipinski definition) is 2. The summed E-state index contributed by atoms with van der Waals surface area (Å²) in [7, 11) is 3.40. The van der Waals surface area contributed by atoms with Crippen LogP contribution in [-0.2, 0) is 0 Å². The van der Waals surface area contributed by atoms with Crippen LogP contribution < -0.4 is 15.4 Å². The molecule has 0 bridgehead atoms. The van der Waals surface area contributed by atoms with Crippen molar-refractivity contribution in [2.24, 2.45) is 0 Å². The molecule has 0 heterocycles. The lowest BCUT2D eigenvalue weighted by molar-refractivity contribution is 0.415. The van der Waals surface area contributed by atoms with E-state index in [1.165, 1.54) is 0 Å². The number of methoxy groups -OCH3 is 1. The third-order valence-electron chi connectivity index (χ3n) is 1.65. The summed E-state index contributed by atoms with van der Waals surface area (Å²) in [5.74, 6) is 0.787. The molecular weight excluding hydrogens is 264 g/mol. The van der Waals surface area contributed by atoms with Crippen molar-refractivity contribution in [1.29, 1.82) is 0 Å². The van der Waals surface area contributed by atoms with Crippen molar-refractivity contribution >= 4 is 38.9 Å². The molecule has 1 rings (SSSR count). The molecule has 76 valence electrons. The number of ether oxygens (including phenoxy) is 1. The van der Waals surface area contributed by atoms with Gasteiger partial charge in [-0.2, -0.15) is 0 Å². The molecule has 0 aliphatic heterocycles. The van der Waals surface area contributed by atoms with E-state index in [-0.39, 0.29) is 0 Å². The van der Waals surface area contributed by atoms with Crippen molar-refractivity contribution in [1.82, 2.24) is 5.32 Å². The Morgan fingerprint density at radius 2 is 2.21 bits per heavy atom. The van der Waals surface area contributed by atoms with E-state index in [2.05, 4.69) is 26.6 Å². The summed E-state index contributed by atoms with van der Waals surface area (Å²) in [6, 6.07) is 5.64. The largest absolute Gasteiger partial charge is 0.497 e. The maximum Gasteiger partial charge on any atom is 0.170 e. The van der Waals surface area contributed by atoms with E-state index < -0.39 is 0 Å². The first-order chi connectivity index (χ1) is 6.67. The Bertz CT molecular complexity index is 344. The van der Waals surface area contributed by atoms with Crippen LogP contribution in [0.2, 0.25) is 0 Å². The van der Waals surface area contributed by atoms with Gasteiger partial charge < -0.3 is 15.4 Å². The Balaban J connectivity index is 2.89. The van der Waals surface area contributed by atoms with E-state index in [4.69, 9.17) is 17.0 Å². The van der Waals surface area contributed by atoms with E-state index in [1.807, 2.05) is 18.2 Å². The van der Waals surface area contributed by atoms with Gasteiger partial charge in [0.05, 0.1) is 12.8 Å². The highest BCUT2D eigenvalue weighted by Gasteiger charge is 2.02. The van der Waals surface area contributed by atoms with Gasteiger partial charge in [0, 0.05) is 17.6 Å². The second-order valence-electron chi connectivity index (χ2n) is 2.55. The van der Waals surface area contributed by atoms with Gasteiger partial charge in [0.2, 0.25) is 0 Å². The van der Waals surface area contributed by atoms with Gasteiger partial charge in [-0.15, -0.1) is 0 Å². The summed E-state index contributed by atoms with van der Waals surface area (Å²) in [6.07, 6.45) is 0. The molecule has 0 saturated heterocycles. The predicted octanol–water partition coefficient (Wildman–Crippen LogP) is 2.37. The SMILES string of the molecule is CNC(=S)Nc1cc(OC)ccc1Br. The highest BCUT2D eigenvalue weighted by Crippen LogP contribution is 2.26. The number of rotatable bonds is 2. The molecule has 3 nitrogen and oxygen atoms in total. The van der Waals surface area contributed by atoms with Crippen molar-refractivity contribution < 1.29 is 4.74 Å². The van der Waals surface area contributed by atoms with Crippen LogP contribution in [0.4, 0.5) is 5.69 Å². The molecule has 1 aromatic rings. The zero-order valence-electron chi connectivity index (χ0n) is 7.93. The maximum atomic E-state index is 5.10. The topological polar surface area (TPSA) is 33.3 Å². The second-order valence-corrected chi connectivity index (χ2v) is 3.81. The van der Waals surface area contributed by atoms with Crippen LogP contribution >= 0.6 is 28.1 Å². The number of benzene rings is 1. The number of anilines is 1. The van der Waals surface area contributed by atoms with E-state index in [1.54, 1.807) is 14.2 Å². The van der Waals surface area contributed by atoms with Gasteiger partial charge in [-0.3, -0.25) is 0 Å². The Morgan fingerprint density at radius 3 is 2.79 bits per heavy atom. The molecule has 0 aliphatic rings. The van der Waals surface area contributed by atoms with Gasteiger partial charge in [0.15, 0.2) is 5.11 Å². The Morgan fingerprint density at radius 1 is 1.50 bits per heavy atom. The minimum Gasteiger partial charge on any atom is -0.497 e. The number of hydrogen-bond acceptors (Lipinski definition) is 2. The lowest BCUT2D eigenvalue weighted by Gasteiger charge is -2.10. The summed E-state index contributed by atoms with van der Waals surface area (Å²) in [5.41, 5.74) is 0.878. The fourth-order valence-corrected chi connectivity index (χ4v) is 1.37. The van der Waals surface area contributed by atoms with Crippen LogP contribution in [0.3, 0.4) is 0 Å². The molecule has 0 fully saturated rings. The van der Waals surface area contributed by atoms with Gasteiger partial charge in [-0.05, 0) is 40.3 Å². The lowest BCUT2D eigenvalue weighted by atomic mass is 10.3. The minimum atomic E-state index is 0.568. The number of nitrogens with one attached hydrogen (secondary N) is 2. The summed E-state index contributed by atoms with van der Waals surface area (Å²) in [4.78, 5) is 0. The lowest BCUT2D eigenvalue weighted by Crippen LogP contribution is -2.24. The summed E-state index contributed by atoms with van der Waals surface area (Å²) >= 11 is 8.40. The smallest absolute Gasteiger partial charge is 0.170 e. The Kier molecular flexibility index (Phi) is 4.16. The summed E-state index contributed by atoms with van der Waals surface area (Å²) < 4.78 is 6.04. The molecule has 5 heteroatoms. The summed E-state index contributed by atoms with van der Waals surface area (Å²) in [6.45, 7) is 0. The monoisotopic (exact) mass is 274 g/mol. The van der Waals surface area contributed by atoms with Crippen LogP contribution in [0.15, 0.2) is 22.7 Å². The van der Waals surface area contributed by atoms with Crippen LogP contribution in [0, 0.1) is 0 Å². The average Bonchev–Trinajstić information content (AvgIpc) is 2.21. The summed E-state index contributed by atoms with van der Waals surface area (Å²) in [5, 5.41) is 6.43. The molecular formula is C9H11BrN2OS. The molecule has 1 aromatic carbocycles. The van der Waals surface area contributed by atoms with Crippen molar-refractivity contribution in [2.45, 2.75) is 0 Å². The normalized spacial score (nSPS) is 9.36. The first kappa shape index (κ1) is 11.3. The zero-order chi connectivity index (χ0) is 10.6. The molecule has 0 aliphatic carbocycles. The molecule has 0 atom stereocenters. The molecule has 0 aromatic heterocycles. The standard InChI is InChI=1S/C9H11BrN2OS/c1-11-9(14)12-8-5-6(13-2)3-4-7(8)10/h3-5H,1-2H3,(H2,11,12,14). The van der Waals surface area contributed by atoms with E-state index in [0.29, 0.717) is 5.11 Å². The van der Waals surface area contributed by atoms with Crippen LogP contribution in [0.1, 0.15) is 0 Å². The van der Waals surface area contributed by atoms with Crippen LogP contribution in [-0.4, -0.2) is 19.3 Å². The molecule has 0 radical (unpaired) electrons. The van der Waals surface area contributed by atoms with E-state index >= 15 is 0 Å². The zero-order valence-corrected chi connectivity index (χ0v) is 10.3. The Labute approximate surface area is 97.0 Å². The van der Waals surface area contributed by atoms with Gasteiger partial charge in [-0.25, -0.2) is 0 Å². The van der Waals surface area contributed by atoms with Crippen LogP contribution in [0.25, 0.3) is 0 Å². The minimum absolute atomic E-state index is 0.568. The van der Waals surface area contributed by atoms with E-state index in [0.717, 1.165) is 15.9 Å².